The average molecular weight is 305 g/mol. The Hall–Kier alpha value is -0.321. The van der Waals surface area contributed by atoms with Gasteiger partial charge in [-0.25, -0.2) is 0 Å². The Bertz CT molecular complexity index is 563. The van der Waals surface area contributed by atoms with E-state index in [1.54, 1.807) is 14.2 Å². The molecule has 0 radical (unpaired) electrons. The monoisotopic (exact) mass is 306 g/mol. The molecular weight excluding hydrogens is 294 g/mol. The molecule has 0 unspecified atom stereocenters. The number of hydrogen-bond donors (Lipinski definition) is 0. The molecule has 0 saturated heterocycles. The summed E-state index contributed by atoms with van der Waals surface area (Å²) in [6, 6.07) is 3.89. The molecule has 2 rings (SSSR count). The number of nitrogens with zero attached hydrogens (tertiary/aromatic N) is 2. The van der Waals surface area contributed by atoms with Gasteiger partial charge in [0.1, 0.15) is 0 Å². The second kappa shape index (κ2) is 5.55. The Morgan fingerprint density at radius 2 is 1.76 bits per heavy atom. The molecule has 1 aromatic carbocycles. The molecule has 1 aromatic heterocycles. The summed E-state index contributed by atoms with van der Waals surface area (Å²) < 4.78 is 11.8. The van der Waals surface area contributed by atoms with Crippen molar-refractivity contribution in [1.29, 1.82) is 0 Å². The summed E-state index contributed by atoms with van der Waals surface area (Å²) in [6.45, 7) is 1.92. The first-order chi connectivity index (χ1) is 8.19. The molecule has 0 atom stereocenters. The molecule has 17 heavy (non-hydrogen) atoms. The third-order valence-electron chi connectivity index (χ3n) is 2.47. The van der Waals surface area contributed by atoms with E-state index in [9.17, 15) is 0 Å². The Labute approximate surface area is 121 Å². The summed E-state index contributed by atoms with van der Waals surface area (Å²) in [7, 11) is 3.74. The number of rotatable bonds is 3. The van der Waals surface area contributed by atoms with Gasteiger partial charge < -0.3 is 0 Å². The fourth-order valence-electron chi connectivity index (χ4n) is 1.69. The fraction of sp³-hybridized carbons (Fsp3) is 0.273. The van der Waals surface area contributed by atoms with Gasteiger partial charge >= 0.3 is 121 Å². The molecule has 2 aromatic rings. The first-order valence-electron chi connectivity index (χ1n) is 5.14. The summed E-state index contributed by atoms with van der Waals surface area (Å²) in [4.78, 5) is 8.95. The number of methoxy groups -OCH3 is 2. The quantitative estimate of drug-likeness (QED) is 0.769. The number of fused-ring (bicyclic) bond motifs is 1. The number of hydrogen-bond acceptors (Lipinski definition) is 4. The second-order valence-electron chi connectivity index (χ2n) is 3.50. The summed E-state index contributed by atoms with van der Waals surface area (Å²) >= 11 is 1.14. The fourth-order valence-corrected chi connectivity index (χ4v) is 4.58. The van der Waals surface area contributed by atoms with E-state index in [-0.39, 0.29) is 0 Å². The molecule has 0 amide bonds. The molecule has 0 aliphatic heterocycles. The van der Waals surface area contributed by atoms with E-state index in [1.165, 1.54) is 0 Å². The van der Waals surface area contributed by atoms with E-state index < -0.39 is 0 Å². The molecule has 4 nitrogen and oxygen atoms in total. The van der Waals surface area contributed by atoms with Crippen molar-refractivity contribution < 1.29 is 9.47 Å². The molecular formula is C11H11N2NaO2Se. The van der Waals surface area contributed by atoms with Crippen molar-refractivity contribution >= 4 is 51.4 Å². The van der Waals surface area contributed by atoms with Gasteiger partial charge in [0.25, 0.3) is 0 Å². The van der Waals surface area contributed by atoms with Crippen LogP contribution in [0.3, 0.4) is 0 Å². The van der Waals surface area contributed by atoms with Gasteiger partial charge in [0.05, 0.1) is 0 Å². The second-order valence-corrected chi connectivity index (χ2v) is 7.29. The van der Waals surface area contributed by atoms with Gasteiger partial charge in [-0.1, -0.05) is 0 Å². The van der Waals surface area contributed by atoms with Crippen LogP contribution in [-0.2, 0) is 0 Å². The topological polar surface area (TPSA) is 44.2 Å². The Balaban J connectivity index is 2.77. The summed E-state index contributed by atoms with van der Waals surface area (Å²) in [5.41, 5.74) is 0.933. The van der Waals surface area contributed by atoms with E-state index in [2.05, 4.69) is 9.97 Å². The van der Waals surface area contributed by atoms with Gasteiger partial charge in [-0.05, 0) is 0 Å². The van der Waals surface area contributed by atoms with Crippen LogP contribution in [0.15, 0.2) is 12.1 Å². The van der Waals surface area contributed by atoms with Crippen molar-refractivity contribution in [1.82, 2.24) is 9.97 Å². The van der Waals surface area contributed by atoms with E-state index >= 15 is 0 Å². The van der Waals surface area contributed by atoms with Crippen LogP contribution in [0.25, 0.3) is 10.9 Å². The maximum atomic E-state index is 5.31. The van der Waals surface area contributed by atoms with E-state index in [1.807, 2.05) is 19.1 Å². The third-order valence-corrected chi connectivity index (χ3v) is 5.94. The zero-order valence-corrected chi connectivity index (χ0v) is 14.0. The number of aromatic nitrogens is 2. The van der Waals surface area contributed by atoms with Gasteiger partial charge in [-0.2, -0.15) is 0 Å². The first-order valence-corrected chi connectivity index (χ1v) is 11.9. The zero-order chi connectivity index (χ0) is 12.4. The van der Waals surface area contributed by atoms with Crippen molar-refractivity contribution in [3.05, 3.63) is 18.0 Å². The molecule has 6 heteroatoms. The molecule has 0 N–H and O–H groups in total. The number of aryl methyl sites for hydroxylation is 1. The van der Waals surface area contributed by atoms with Crippen molar-refractivity contribution in [2.24, 2.45) is 0 Å². The van der Waals surface area contributed by atoms with Crippen molar-refractivity contribution in [2.75, 3.05) is 14.2 Å². The molecule has 0 aliphatic rings. The van der Waals surface area contributed by atoms with Crippen LogP contribution in [0, 0.1) is 6.92 Å². The van der Waals surface area contributed by atoms with Gasteiger partial charge in [-0.15, -0.1) is 0 Å². The van der Waals surface area contributed by atoms with E-state index in [0.717, 1.165) is 52.4 Å². The van der Waals surface area contributed by atoms with E-state index in [0.29, 0.717) is 16.3 Å². The predicted octanol–water partition coefficient (Wildman–Crippen LogP) is 0.368. The number of benzene rings is 1. The Morgan fingerprint density at radius 3 is 2.35 bits per heavy atom. The van der Waals surface area contributed by atoms with E-state index in [4.69, 9.17) is 9.47 Å². The van der Waals surface area contributed by atoms with Crippen LogP contribution in [0.2, 0.25) is 0 Å². The summed E-state index contributed by atoms with van der Waals surface area (Å²) in [6.07, 6.45) is 0. The molecule has 0 saturated carbocycles. The minimum atomic E-state index is 0.464. The predicted molar refractivity (Wildman–Crippen MR) is 68.5 cm³/mol. The average Bonchev–Trinajstić information content (AvgIpc) is 2.35. The maximum absolute atomic E-state index is 5.31. The summed E-state index contributed by atoms with van der Waals surface area (Å²) in [5, 5.41) is 1.09. The number of ether oxygens (including phenoxy) is 2. The van der Waals surface area contributed by atoms with Crippen molar-refractivity contribution in [3.8, 4) is 11.5 Å². The normalized spacial score (nSPS) is 10.6. The van der Waals surface area contributed by atoms with Crippen LogP contribution in [0.1, 0.15) is 5.82 Å². The Kier molecular flexibility index (Phi) is 4.28. The van der Waals surface area contributed by atoms with Crippen molar-refractivity contribution in [3.63, 3.8) is 0 Å². The van der Waals surface area contributed by atoms with Crippen LogP contribution < -0.4 is 14.1 Å². The Morgan fingerprint density at radius 1 is 1.12 bits per heavy atom. The molecule has 0 spiro atoms. The van der Waals surface area contributed by atoms with Crippen LogP contribution >= 0.6 is 0 Å². The summed E-state index contributed by atoms with van der Waals surface area (Å²) in [5.74, 6) is 2.27. The zero-order valence-electron chi connectivity index (χ0n) is 10.3. The van der Waals surface area contributed by atoms with Crippen LogP contribution in [-0.4, -0.2) is 60.1 Å². The van der Waals surface area contributed by atoms with Crippen LogP contribution in [0.5, 0.6) is 11.5 Å². The van der Waals surface area contributed by atoms with Gasteiger partial charge in [0.2, 0.25) is 0 Å². The molecule has 0 aliphatic carbocycles. The standard InChI is InChI=1S/C11H12N2O2Se.Na/c1-6-12-8-5-10(15-3)9(14-2)4-7(8)11(16)13-6;/h4-5H,1-3H3,(H,12,13,16);/q;+1/p-1. The van der Waals surface area contributed by atoms with Gasteiger partial charge in [0, 0.05) is 0 Å². The van der Waals surface area contributed by atoms with Crippen LogP contribution in [0.4, 0.5) is 0 Å². The minimum absolute atomic E-state index is 0.464. The molecule has 0 fully saturated rings. The van der Waals surface area contributed by atoms with Crippen molar-refractivity contribution in [2.45, 2.75) is 6.92 Å². The molecule has 84 valence electrons. The third kappa shape index (κ3) is 2.59. The molecule has 1 heterocycles. The van der Waals surface area contributed by atoms with Gasteiger partial charge in [0.15, 0.2) is 0 Å². The van der Waals surface area contributed by atoms with Gasteiger partial charge in [-0.3, -0.25) is 0 Å². The SMILES string of the molecule is COc1cc2nc(C)nc([Se][Na])c2cc1OC. The first kappa shape index (κ1) is 13.1. The molecule has 0 bridgehead atoms.